The number of nitrogens with zero attached hydrogens (tertiary/aromatic N) is 1. The number of nitrogens with one attached hydrogen (secondary N) is 3. The van der Waals surface area contributed by atoms with Crippen LogP contribution in [0.2, 0.25) is 0 Å². The molecule has 3 rings (SSSR count). The Morgan fingerprint density at radius 3 is 2.53 bits per heavy atom. The summed E-state index contributed by atoms with van der Waals surface area (Å²) in [7, 11) is 3.91. The Bertz CT molecular complexity index is 1020. The fourth-order valence-electron chi connectivity index (χ4n) is 4.67. The monoisotopic (exact) mass is 464 g/mol. The van der Waals surface area contributed by atoms with Gasteiger partial charge in [0.25, 0.3) is 5.91 Å². The van der Waals surface area contributed by atoms with Crippen molar-refractivity contribution in [1.29, 1.82) is 0 Å². The number of amides is 2. The third-order valence-electron chi connectivity index (χ3n) is 6.82. The van der Waals surface area contributed by atoms with E-state index in [9.17, 15) is 9.59 Å². The number of para-hydroxylation sites is 1. The van der Waals surface area contributed by atoms with Gasteiger partial charge in [-0.2, -0.15) is 0 Å². The number of anilines is 1. The Hall–Kier alpha value is -2.86. The van der Waals surface area contributed by atoms with E-state index in [1.165, 1.54) is 37.7 Å². The number of aryl methyl sites for hydroxylation is 1. The molecule has 0 saturated heterocycles. The lowest BCUT2D eigenvalue weighted by Gasteiger charge is -2.17. The van der Waals surface area contributed by atoms with E-state index in [1.54, 1.807) is 0 Å². The van der Waals surface area contributed by atoms with Crippen LogP contribution in [0.1, 0.15) is 73.0 Å². The summed E-state index contributed by atoms with van der Waals surface area (Å²) in [6.07, 6.45) is 10.4. The van der Waals surface area contributed by atoms with Crippen LogP contribution in [0, 0.1) is 13.8 Å². The zero-order valence-corrected chi connectivity index (χ0v) is 21.2. The van der Waals surface area contributed by atoms with Gasteiger partial charge in [-0.3, -0.25) is 9.59 Å². The summed E-state index contributed by atoms with van der Waals surface area (Å²) in [6, 6.07) is 7.74. The van der Waals surface area contributed by atoms with Gasteiger partial charge in [0.05, 0.1) is 5.57 Å². The molecule has 0 fully saturated rings. The lowest BCUT2D eigenvalue weighted by Crippen LogP contribution is -2.28. The zero-order chi connectivity index (χ0) is 24.5. The fourth-order valence-corrected chi connectivity index (χ4v) is 4.67. The summed E-state index contributed by atoms with van der Waals surface area (Å²) in [5.74, 6) is 0.113. The van der Waals surface area contributed by atoms with Gasteiger partial charge in [0.2, 0.25) is 5.91 Å². The van der Waals surface area contributed by atoms with Crippen molar-refractivity contribution in [2.45, 2.75) is 65.2 Å². The molecule has 1 aromatic carbocycles. The predicted molar refractivity (Wildman–Crippen MR) is 141 cm³/mol. The van der Waals surface area contributed by atoms with Crippen LogP contribution in [-0.4, -0.2) is 48.9 Å². The molecule has 0 saturated carbocycles. The van der Waals surface area contributed by atoms with E-state index in [0.29, 0.717) is 18.4 Å². The smallest absolute Gasteiger partial charge is 0.256 e. The standard InChI is InChI=1S/C28H40N4O2/c1-20-22(15-16-27(33)32(4)18-12-8-6-5-7-11-17-29-3)21(2)30-26(20)19-24-23-13-9-10-14-25(23)31-28(24)34/h9-10,13-14,19,29-30H,5-8,11-12,15-18H2,1-4H3,(H,31,34). The van der Waals surface area contributed by atoms with Gasteiger partial charge < -0.3 is 20.5 Å². The van der Waals surface area contributed by atoms with Crippen molar-refractivity contribution in [3.8, 4) is 0 Å². The first kappa shape index (κ1) is 25.8. The topological polar surface area (TPSA) is 77.2 Å². The first-order valence-electron chi connectivity index (χ1n) is 12.6. The first-order chi connectivity index (χ1) is 16.4. The largest absolute Gasteiger partial charge is 0.359 e. The molecule has 2 heterocycles. The van der Waals surface area contributed by atoms with Gasteiger partial charge in [0.1, 0.15) is 0 Å². The second kappa shape index (κ2) is 12.6. The van der Waals surface area contributed by atoms with Gasteiger partial charge in [0.15, 0.2) is 0 Å². The minimum Gasteiger partial charge on any atom is -0.359 e. The molecule has 0 bridgehead atoms. The van der Waals surface area contributed by atoms with Crippen LogP contribution in [0.25, 0.3) is 11.6 Å². The maximum Gasteiger partial charge on any atom is 0.256 e. The minimum atomic E-state index is -0.0795. The van der Waals surface area contributed by atoms with Crippen molar-refractivity contribution in [2.24, 2.45) is 0 Å². The number of carbonyl (C=O) groups excluding carboxylic acids is 2. The number of aromatic nitrogens is 1. The quantitative estimate of drug-likeness (QED) is 0.286. The third kappa shape index (κ3) is 6.60. The molecular formula is C28H40N4O2. The molecule has 0 atom stereocenters. The number of unbranched alkanes of at least 4 members (excludes halogenated alkanes) is 5. The average Bonchev–Trinajstić information content (AvgIpc) is 3.28. The summed E-state index contributed by atoms with van der Waals surface area (Å²) >= 11 is 0. The highest BCUT2D eigenvalue weighted by Gasteiger charge is 2.24. The number of fused-ring (bicyclic) bond motifs is 1. The van der Waals surface area contributed by atoms with Crippen molar-refractivity contribution < 1.29 is 9.59 Å². The van der Waals surface area contributed by atoms with Crippen LogP contribution in [-0.2, 0) is 16.0 Å². The Labute approximate surface area is 204 Å². The van der Waals surface area contributed by atoms with Crippen molar-refractivity contribution >= 4 is 29.2 Å². The van der Waals surface area contributed by atoms with Crippen molar-refractivity contribution in [3.63, 3.8) is 0 Å². The summed E-state index contributed by atoms with van der Waals surface area (Å²) < 4.78 is 0. The van der Waals surface area contributed by atoms with E-state index in [1.807, 2.05) is 56.3 Å². The van der Waals surface area contributed by atoms with Gasteiger partial charge in [-0.15, -0.1) is 0 Å². The van der Waals surface area contributed by atoms with E-state index in [0.717, 1.165) is 47.7 Å². The number of aromatic amines is 1. The summed E-state index contributed by atoms with van der Waals surface area (Å²) in [6.45, 7) is 6.03. The molecule has 0 unspecified atom stereocenters. The number of benzene rings is 1. The first-order valence-corrected chi connectivity index (χ1v) is 12.6. The molecule has 6 nitrogen and oxygen atoms in total. The molecule has 1 aliphatic rings. The lowest BCUT2D eigenvalue weighted by molar-refractivity contribution is -0.129. The number of H-pyrrole nitrogens is 1. The average molecular weight is 465 g/mol. The third-order valence-corrected chi connectivity index (χ3v) is 6.82. The van der Waals surface area contributed by atoms with Gasteiger partial charge in [0, 0.05) is 42.7 Å². The lowest BCUT2D eigenvalue weighted by atomic mass is 10.0. The zero-order valence-electron chi connectivity index (χ0n) is 21.2. The molecule has 0 spiro atoms. The molecule has 3 N–H and O–H groups in total. The minimum absolute atomic E-state index is 0.0795. The van der Waals surface area contributed by atoms with Gasteiger partial charge in [-0.25, -0.2) is 0 Å². The number of hydrogen-bond acceptors (Lipinski definition) is 3. The van der Waals surface area contributed by atoms with Gasteiger partial charge in [-0.05, 0) is 70.0 Å². The van der Waals surface area contributed by atoms with Gasteiger partial charge >= 0.3 is 0 Å². The second-order valence-corrected chi connectivity index (χ2v) is 9.37. The van der Waals surface area contributed by atoms with Crippen molar-refractivity contribution in [3.05, 3.63) is 52.3 Å². The Morgan fingerprint density at radius 1 is 1.06 bits per heavy atom. The van der Waals surface area contributed by atoms with Crippen LogP contribution < -0.4 is 10.6 Å². The maximum absolute atomic E-state index is 12.7. The molecule has 0 radical (unpaired) electrons. The molecule has 184 valence electrons. The molecule has 1 aromatic heterocycles. The molecule has 2 amide bonds. The normalized spacial score (nSPS) is 13.9. The molecule has 1 aliphatic heterocycles. The number of rotatable bonds is 13. The van der Waals surface area contributed by atoms with E-state index < -0.39 is 0 Å². The summed E-state index contributed by atoms with van der Waals surface area (Å²) in [4.78, 5) is 30.5. The van der Waals surface area contributed by atoms with E-state index in [2.05, 4.69) is 22.5 Å². The molecule has 0 aliphatic carbocycles. The van der Waals surface area contributed by atoms with E-state index in [-0.39, 0.29) is 11.8 Å². The Balaban J connectivity index is 1.50. The van der Waals surface area contributed by atoms with Gasteiger partial charge in [-0.1, -0.05) is 43.9 Å². The maximum atomic E-state index is 12.7. The number of carbonyl (C=O) groups is 2. The highest BCUT2D eigenvalue weighted by molar-refractivity contribution is 6.34. The molecule has 6 heteroatoms. The van der Waals surface area contributed by atoms with Crippen molar-refractivity contribution in [2.75, 3.05) is 32.5 Å². The SMILES string of the molecule is CNCCCCCCCCN(C)C(=O)CCc1c(C)[nH]c(C=C2C(=O)Nc3ccccc32)c1C. The Kier molecular flexibility index (Phi) is 9.52. The Morgan fingerprint density at radius 2 is 1.76 bits per heavy atom. The fraction of sp³-hybridized carbons (Fsp3) is 0.500. The van der Waals surface area contributed by atoms with E-state index >= 15 is 0 Å². The van der Waals surface area contributed by atoms with Crippen molar-refractivity contribution in [1.82, 2.24) is 15.2 Å². The highest BCUT2D eigenvalue weighted by Crippen LogP contribution is 2.33. The van der Waals surface area contributed by atoms with Crippen LogP contribution >= 0.6 is 0 Å². The predicted octanol–water partition coefficient (Wildman–Crippen LogP) is 5.08. The van der Waals surface area contributed by atoms with Crippen LogP contribution in [0.3, 0.4) is 0 Å². The van der Waals surface area contributed by atoms with E-state index in [4.69, 9.17) is 0 Å². The molecular weight excluding hydrogens is 424 g/mol. The summed E-state index contributed by atoms with van der Waals surface area (Å²) in [5, 5.41) is 6.11. The molecule has 2 aromatic rings. The van der Waals surface area contributed by atoms with Crippen LogP contribution in [0.4, 0.5) is 5.69 Å². The molecule has 34 heavy (non-hydrogen) atoms. The number of hydrogen-bond donors (Lipinski definition) is 3. The highest BCUT2D eigenvalue weighted by atomic mass is 16.2. The second-order valence-electron chi connectivity index (χ2n) is 9.37. The van der Waals surface area contributed by atoms with Crippen LogP contribution in [0.15, 0.2) is 24.3 Å². The van der Waals surface area contributed by atoms with Crippen LogP contribution in [0.5, 0.6) is 0 Å². The summed E-state index contributed by atoms with van der Waals surface area (Å²) in [5.41, 5.74) is 6.72.